The van der Waals surface area contributed by atoms with Gasteiger partial charge in [-0.2, -0.15) is 10.4 Å². The highest BCUT2D eigenvalue weighted by molar-refractivity contribution is 5.92. The van der Waals surface area contributed by atoms with Crippen LogP contribution in [0.25, 0.3) is 11.1 Å². The quantitative estimate of drug-likeness (QED) is 0.603. The number of nitrogens with zero attached hydrogens (tertiary/aromatic N) is 5. The van der Waals surface area contributed by atoms with Crippen LogP contribution >= 0.6 is 0 Å². The minimum absolute atomic E-state index is 0.0438. The van der Waals surface area contributed by atoms with Gasteiger partial charge in [0, 0.05) is 35.1 Å². The molecule has 0 aliphatic carbocycles. The number of aliphatic hydroxyl groups is 1. The lowest BCUT2D eigenvalue weighted by atomic mass is 9.92. The molecule has 34 heavy (non-hydrogen) atoms. The number of benzene rings is 1. The number of carbonyl (C=O) groups excluding carboxylic acids is 1. The minimum Gasteiger partial charge on any atom is -0.452 e. The molecule has 0 unspecified atom stereocenters. The van der Waals surface area contributed by atoms with Crippen LogP contribution < -0.4 is 9.64 Å². The van der Waals surface area contributed by atoms with E-state index in [9.17, 15) is 15.2 Å². The molecular formula is C25H27N5O4. The summed E-state index contributed by atoms with van der Waals surface area (Å²) < 4.78 is 13.0. The number of amides is 1. The van der Waals surface area contributed by atoms with E-state index in [0.717, 1.165) is 16.7 Å². The van der Waals surface area contributed by atoms with Crippen molar-refractivity contribution in [2.24, 2.45) is 0 Å². The summed E-state index contributed by atoms with van der Waals surface area (Å²) in [6.07, 6.45) is 6.04. The summed E-state index contributed by atoms with van der Waals surface area (Å²) in [7, 11) is 1.36. The van der Waals surface area contributed by atoms with Crippen LogP contribution in [0.15, 0.2) is 42.9 Å². The highest BCUT2D eigenvalue weighted by atomic mass is 16.5. The molecule has 3 aromatic rings. The van der Waals surface area contributed by atoms with E-state index < -0.39 is 11.7 Å². The van der Waals surface area contributed by atoms with Gasteiger partial charge in [0.15, 0.2) is 0 Å². The number of ether oxygens (including phenoxy) is 2. The van der Waals surface area contributed by atoms with Gasteiger partial charge in [-0.25, -0.2) is 9.78 Å². The Morgan fingerprint density at radius 1 is 1.35 bits per heavy atom. The molecule has 0 fully saturated rings. The molecule has 9 nitrogen and oxygen atoms in total. The third kappa shape index (κ3) is 4.58. The fraction of sp³-hybridized carbons (Fsp3) is 0.360. The molecular weight excluding hydrogens is 434 g/mol. The number of hydrogen-bond donors (Lipinski definition) is 1. The zero-order chi connectivity index (χ0) is 24.5. The first-order chi connectivity index (χ1) is 16.2. The second-order valence-corrected chi connectivity index (χ2v) is 8.98. The van der Waals surface area contributed by atoms with E-state index >= 15 is 0 Å². The summed E-state index contributed by atoms with van der Waals surface area (Å²) in [5.41, 5.74) is 2.42. The van der Waals surface area contributed by atoms with Crippen LogP contribution in [0, 0.1) is 11.3 Å². The molecule has 0 spiro atoms. The van der Waals surface area contributed by atoms with Gasteiger partial charge in [0.2, 0.25) is 5.88 Å². The van der Waals surface area contributed by atoms with E-state index in [1.165, 1.54) is 7.11 Å². The van der Waals surface area contributed by atoms with Crippen LogP contribution in [0.1, 0.15) is 38.3 Å². The van der Waals surface area contributed by atoms with E-state index in [0.29, 0.717) is 36.4 Å². The van der Waals surface area contributed by atoms with Gasteiger partial charge >= 0.3 is 6.09 Å². The van der Waals surface area contributed by atoms with Gasteiger partial charge in [0.25, 0.3) is 0 Å². The Balaban J connectivity index is 1.87. The van der Waals surface area contributed by atoms with E-state index in [1.807, 2.05) is 25.3 Å². The Labute approximate surface area is 198 Å². The lowest BCUT2D eigenvalue weighted by Gasteiger charge is -2.35. The summed E-state index contributed by atoms with van der Waals surface area (Å²) in [5, 5.41) is 24.1. The highest BCUT2D eigenvalue weighted by Gasteiger charge is 2.32. The number of methoxy groups -OCH3 is 1. The maximum atomic E-state index is 12.6. The number of pyridine rings is 1. The molecule has 1 N–H and O–H groups in total. The molecule has 1 amide bonds. The molecule has 0 bridgehead atoms. The molecule has 0 saturated carbocycles. The minimum atomic E-state index is -0.925. The summed E-state index contributed by atoms with van der Waals surface area (Å²) >= 11 is 0. The van der Waals surface area contributed by atoms with E-state index in [-0.39, 0.29) is 11.9 Å². The molecule has 4 rings (SSSR count). The van der Waals surface area contributed by atoms with Crippen LogP contribution in [0.3, 0.4) is 0 Å². The summed E-state index contributed by atoms with van der Waals surface area (Å²) in [6, 6.07) is 9.12. The van der Waals surface area contributed by atoms with Crippen LogP contribution in [-0.4, -0.2) is 44.7 Å². The summed E-state index contributed by atoms with van der Waals surface area (Å²) in [4.78, 5) is 18.5. The van der Waals surface area contributed by atoms with Crippen molar-refractivity contribution in [1.82, 2.24) is 14.8 Å². The number of aromatic nitrogens is 3. The normalized spacial score (nSPS) is 15.4. The van der Waals surface area contributed by atoms with Crippen LogP contribution in [0.2, 0.25) is 0 Å². The Morgan fingerprint density at radius 2 is 2.15 bits per heavy atom. The van der Waals surface area contributed by atoms with Crippen molar-refractivity contribution in [3.8, 4) is 28.8 Å². The lowest BCUT2D eigenvalue weighted by Crippen LogP contribution is -2.42. The predicted molar refractivity (Wildman–Crippen MR) is 126 cm³/mol. The van der Waals surface area contributed by atoms with E-state index in [1.54, 1.807) is 48.0 Å². The second-order valence-electron chi connectivity index (χ2n) is 8.98. The Hall–Kier alpha value is -3.90. The number of anilines is 1. The largest absolute Gasteiger partial charge is 0.452 e. The van der Waals surface area contributed by atoms with Crippen LogP contribution in [-0.2, 0) is 17.7 Å². The first-order valence-electron chi connectivity index (χ1n) is 11.0. The molecule has 1 aromatic carbocycles. The van der Waals surface area contributed by atoms with Crippen molar-refractivity contribution < 1.29 is 19.4 Å². The second kappa shape index (κ2) is 9.15. The van der Waals surface area contributed by atoms with Gasteiger partial charge < -0.3 is 14.6 Å². The van der Waals surface area contributed by atoms with Crippen molar-refractivity contribution >= 4 is 11.8 Å². The molecule has 2 aromatic heterocycles. The van der Waals surface area contributed by atoms with E-state index in [4.69, 9.17) is 9.47 Å². The third-order valence-electron chi connectivity index (χ3n) is 5.70. The number of carbonyl (C=O) groups is 1. The molecule has 0 radical (unpaired) electrons. The molecule has 9 heteroatoms. The predicted octanol–water partition coefficient (Wildman–Crippen LogP) is 4.29. The number of hydrogen-bond acceptors (Lipinski definition) is 7. The maximum absolute atomic E-state index is 12.6. The van der Waals surface area contributed by atoms with Gasteiger partial charge in [-0.1, -0.05) is 0 Å². The number of rotatable bonds is 5. The standard InChI is InChI=1S/C25H27N5O4/c1-16-7-8-20-21(30(16)24(31)33-4)10-9-19(18-13-28-29(14-18)15-25(2,3)32)22(20)34-23-17(12-26)6-5-11-27-23/h5-6,9-11,13-14,16,32H,7-8,15H2,1-4H3/t16-/m0/s1. The molecule has 176 valence electrons. The zero-order valence-corrected chi connectivity index (χ0v) is 19.6. The fourth-order valence-electron chi connectivity index (χ4n) is 4.16. The highest BCUT2D eigenvalue weighted by Crippen LogP contribution is 2.45. The van der Waals surface area contributed by atoms with Crippen molar-refractivity contribution in [3.05, 3.63) is 54.0 Å². The number of fused-ring (bicyclic) bond motifs is 1. The third-order valence-corrected chi connectivity index (χ3v) is 5.70. The SMILES string of the molecule is COC(=O)N1c2ccc(-c3cnn(CC(C)(C)O)c3)c(Oc3ncccc3C#N)c2CC[C@@H]1C. The molecule has 1 atom stereocenters. The first-order valence-corrected chi connectivity index (χ1v) is 11.0. The van der Waals surface area contributed by atoms with Crippen molar-refractivity contribution in [2.45, 2.75) is 51.8 Å². The summed E-state index contributed by atoms with van der Waals surface area (Å²) in [6.45, 7) is 5.73. The molecule has 1 aliphatic rings. The Kier molecular flexibility index (Phi) is 6.26. The fourth-order valence-corrected chi connectivity index (χ4v) is 4.16. The van der Waals surface area contributed by atoms with Gasteiger partial charge in [-0.15, -0.1) is 0 Å². The van der Waals surface area contributed by atoms with Gasteiger partial charge in [-0.3, -0.25) is 9.58 Å². The topological polar surface area (TPSA) is 114 Å². The van der Waals surface area contributed by atoms with Gasteiger partial charge in [0.1, 0.15) is 17.4 Å². The van der Waals surface area contributed by atoms with Crippen molar-refractivity contribution in [3.63, 3.8) is 0 Å². The Bertz CT molecular complexity index is 1250. The van der Waals surface area contributed by atoms with Crippen molar-refractivity contribution in [2.75, 3.05) is 12.0 Å². The average Bonchev–Trinajstić information content (AvgIpc) is 3.25. The van der Waals surface area contributed by atoms with Gasteiger partial charge in [0.05, 0.1) is 31.1 Å². The molecule has 0 saturated heterocycles. The molecule has 1 aliphatic heterocycles. The average molecular weight is 462 g/mol. The summed E-state index contributed by atoms with van der Waals surface area (Å²) in [5.74, 6) is 0.697. The first kappa shape index (κ1) is 23.3. The van der Waals surface area contributed by atoms with E-state index in [2.05, 4.69) is 16.2 Å². The van der Waals surface area contributed by atoms with Crippen molar-refractivity contribution in [1.29, 1.82) is 5.26 Å². The monoisotopic (exact) mass is 461 g/mol. The zero-order valence-electron chi connectivity index (χ0n) is 19.6. The lowest BCUT2D eigenvalue weighted by molar-refractivity contribution is 0.0577. The smallest absolute Gasteiger partial charge is 0.414 e. The Morgan fingerprint density at radius 3 is 2.85 bits per heavy atom. The maximum Gasteiger partial charge on any atom is 0.414 e. The number of nitriles is 1. The van der Waals surface area contributed by atoms with Crippen LogP contribution in [0.4, 0.5) is 10.5 Å². The van der Waals surface area contributed by atoms with Crippen LogP contribution in [0.5, 0.6) is 11.6 Å². The molecule has 3 heterocycles. The van der Waals surface area contributed by atoms with Gasteiger partial charge in [-0.05, 0) is 57.9 Å².